The van der Waals surface area contributed by atoms with Gasteiger partial charge in [-0.1, -0.05) is 19.1 Å². The average Bonchev–Trinajstić information content (AvgIpc) is 1.67. The fourth-order valence-corrected chi connectivity index (χ4v) is 0.413. The predicted molar refractivity (Wildman–Crippen MR) is 39.7 cm³/mol. The van der Waals surface area contributed by atoms with Crippen molar-refractivity contribution < 1.29 is 0 Å². The lowest BCUT2D eigenvalue weighted by Crippen LogP contribution is -2.36. The van der Waals surface area contributed by atoms with Gasteiger partial charge in [0.1, 0.15) is 0 Å². The van der Waals surface area contributed by atoms with Gasteiger partial charge in [0.25, 0.3) is 0 Å². The highest BCUT2D eigenvalue weighted by Gasteiger charge is 1.91. The fraction of sp³-hybridized carbons (Fsp3) is 0.800. The second kappa shape index (κ2) is 3.80. The summed E-state index contributed by atoms with van der Waals surface area (Å²) in [6, 6.07) is 0. The molecule has 0 aliphatic rings. The first-order chi connectivity index (χ1) is 3.68. The summed E-state index contributed by atoms with van der Waals surface area (Å²) in [5.74, 6) is 0. The first-order valence-corrected chi connectivity index (χ1v) is 3.07. The van der Waals surface area contributed by atoms with Crippen LogP contribution in [0.4, 0.5) is 0 Å². The molecule has 0 atom stereocenters. The third-order valence-electron chi connectivity index (χ3n) is 0.868. The first kappa shape index (κ1) is 7.85. The van der Waals surface area contributed by atoms with Crippen molar-refractivity contribution in [3.8, 4) is 0 Å². The van der Waals surface area contributed by atoms with Gasteiger partial charge in [0.15, 0.2) is 0 Å². The number of hydrogen-bond donors (Lipinski definition) is 1. The van der Waals surface area contributed by atoms with Crippen molar-refractivity contribution in [2.45, 2.75) is 13.8 Å². The molecule has 0 saturated carbocycles. The third-order valence-corrected chi connectivity index (χ3v) is 1.14. The van der Waals surface area contributed by atoms with Gasteiger partial charge in [-0.25, -0.2) is 5.43 Å². The summed E-state index contributed by atoms with van der Waals surface area (Å²) in [5.41, 5.74) is 3.04. The fourth-order valence-electron chi connectivity index (χ4n) is 0.349. The Bertz CT molecular complexity index is 82.5. The lowest BCUT2D eigenvalue weighted by Gasteiger charge is -2.16. The van der Waals surface area contributed by atoms with E-state index < -0.39 is 0 Å². The van der Waals surface area contributed by atoms with E-state index in [1.807, 2.05) is 25.9 Å². The molecule has 0 amide bonds. The van der Waals surface area contributed by atoms with E-state index in [1.54, 1.807) is 0 Å². The molecule has 0 aliphatic carbocycles. The van der Waals surface area contributed by atoms with Crippen LogP contribution in [0.15, 0.2) is 0 Å². The Morgan fingerprint density at radius 2 is 2.25 bits per heavy atom. The van der Waals surface area contributed by atoms with E-state index in [0.717, 1.165) is 11.5 Å². The average molecular weight is 132 g/mol. The minimum absolute atomic E-state index is 0.867. The summed E-state index contributed by atoms with van der Waals surface area (Å²) in [6.07, 6.45) is 0. The Morgan fingerprint density at radius 1 is 1.75 bits per heavy atom. The summed E-state index contributed by atoms with van der Waals surface area (Å²) in [7, 11) is 1.91. The Kier molecular flexibility index (Phi) is 3.73. The van der Waals surface area contributed by atoms with Crippen molar-refractivity contribution in [2.24, 2.45) is 0 Å². The van der Waals surface area contributed by atoms with Crippen molar-refractivity contribution in [2.75, 3.05) is 13.6 Å². The van der Waals surface area contributed by atoms with Crippen LogP contribution in [-0.4, -0.2) is 23.6 Å². The number of rotatable bonds is 2. The van der Waals surface area contributed by atoms with Gasteiger partial charge < -0.3 is 5.01 Å². The van der Waals surface area contributed by atoms with E-state index in [1.165, 1.54) is 0 Å². The Labute approximate surface area is 55.8 Å². The molecule has 0 saturated heterocycles. The minimum Gasteiger partial charge on any atom is -0.305 e. The topological polar surface area (TPSA) is 15.3 Å². The quantitative estimate of drug-likeness (QED) is 0.442. The zero-order valence-electron chi connectivity index (χ0n) is 5.56. The van der Waals surface area contributed by atoms with Gasteiger partial charge in [-0.15, -0.1) is 0 Å². The molecule has 8 heavy (non-hydrogen) atoms. The molecule has 0 aliphatic heterocycles. The molecule has 0 unspecified atom stereocenters. The van der Waals surface area contributed by atoms with Gasteiger partial charge in [-0.05, 0) is 6.92 Å². The minimum atomic E-state index is 0.867. The van der Waals surface area contributed by atoms with E-state index >= 15 is 0 Å². The van der Waals surface area contributed by atoms with Crippen LogP contribution in [0.2, 0.25) is 0 Å². The van der Waals surface area contributed by atoms with Crippen LogP contribution in [-0.2, 0) is 0 Å². The maximum atomic E-state index is 4.85. The van der Waals surface area contributed by atoms with Crippen molar-refractivity contribution in [3.63, 3.8) is 0 Å². The van der Waals surface area contributed by atoms with Gasteiger partial charge in [0, 0.05) is 13.6 Å². The van der Waals surface area contributed by atoms with Crippen LogP contribution in [0.5, 0.6) is 0 Å². The summed E-state index contributed by atoms with van der Waals surface area (Å²) in [6.45, 7) is 4.84. The summed E-state index contributed by atoms with van der Waals surface area (Å²) >= 11 is 4.85. The normalized spacial score (nSPS) is 8.88. The van der Waals surface area contributed by atoms with E-state index in [4.69, 9.17) is 12.2 Å². The monoisotopic (exact) mass is 132 g/mol. The number of nitrogens with one attached hydrogen (secondary N) is 1. The standard InChI is InChI=1S/C5H12N2S/c1-4-6-7(3)5(2)8/h6H,4H2,1-3H3. The summed E-state index contributed by atoms with van der Waals surface area (Å²) < 4.78 is 0. The first-order valence-electron chi connectivity index (χ1n) is 2.66. The molecule has 3 heteroatoms. The molecule has 0 bridgehead atoms. The molecular weight excluding hydrogens is 120 g/mol. The van der Waals surface area contributed by atoms with Crippen LogP contribution in [0.25, 0.3) is 0 Å². The van der Waals surface area contributed by atoms with Crippen molar-refractivity contribution in [1.29, 1.82) is 0 Å². The van der Waals surface area contributed by atoms with Gasteiger partial charge in [0.2, 0.25) is 0 Å². The molecule has 0 heterocycles. The number of thiocarbonyl (C=S) groups is 1. The summed E-state index contributed by atoms with van der Waals surface area (Å²) in [4.78, 5) is 0.867. The number of nitrogens with zero attached hydrogens (tertiary/aromatic N) is 1. The molecule has 0 aromatic rings. The van der Waals surface area contributed by atoms with Crippen molar-refractivity contribution in [1.82, 2.24) is 10.4 Å². The second-order valence-electron chi connectivity index (χ2n) is 1.59. The second-order valence-corrected chi connectivity index (χ2v) is 2.18. The van der Waals surface area contributed by atoms with Crippen LogP contribution in [0, 0.1) is 0 Å². The van der Waals surface area contributed by atoms with E-state index in [2.05, 4.69) is 5.43 Å². The smallest absolute Gasteiger partial charge is 0.0887 e. The molecule has 0 fully saturated rings. The Balaban J connectivity index is 3.32. The number of hydrazine groups is 1. The van der Waals surface area contributed by atoms with Crippen LogP contribution in [0.1, 0.15) is 13.8 Å². The Morgan fingerprint density at radius 3 is 2.38 bits per heavy atom. The van der Waals surface area contributed by atoms with E-state index in [9.17, 15) is 0 Å². The SMILES string of the molecule is CCNN(C)C(C)=S. The third kappa shape index (κ3) is 2.93. The van der Waals surface area contributed by atoms with Gasteiger partial charge in [0.05, 0.1) is 4.99 Å². The molecule has 0 aromatic heterocycles. The van der Waals surface area contributed by atoms with E-state index in [0.29, 0.717) is 0 Å². The lowest BCUT2D eigenvalue weighted by molar-refractivity contribution is 0.383. The van der Waals surface area contributed by atoms with E-state index in [-0.39, 0.29) is 0 Å². The summed E-state index contributed by atoms with van der Waals surface area (Å²) in [5, 5.41) is 1.83. The zero-order valence-corrected chi connectivity index (χ0v) is 6.38. The predicted octanol–water partition coefficient (Wildman–Crippen LogP) is 0.790. The largest absolute Gasteiger partial charge is 0.305 e. The van der Waals surface area contributed by atoms with Crippen LogP contribution < -0.4 is 5.43 Å². The highest BCUT2D eigenvalue weighted by Crippen LogP contribution is 1.78. The van der Waals surface area contributed by atoms with Gasteiger partial charge >= 0.3 is 0 Å². The lowest BCUT2D eigenvalue weighted by atomic mass is 10.7. The van der Waals surface area contributed by atoms with Crippen LogP contribution >= 0.6 is 12.2 Å². The number of hydrogen-bond acceptors (Lipinski definition) is 2. The van der Waals surface area contributed by atoms with Gasteiger partial charge in [-0.3, -0.25) is 0 Å². The molecule has 0 aromatic carbocycles. The van der Waals surface area contributed by atoms with Crippen molar-refractivity contribution >= 4 is 17.2 Å². The maximum absolute atomic E-state index is 4.85. The molecule has 0 rings (SSSR count). The van der Waals surface area contributed by atoms with Crippen molar-refractivity contribution in [3.05, 3.63) is 0 Å². The Hall–Kier alpha value is -0.150. The van der Waals surface area contributed by atoms with Gasteiger partial charge in [-0.2, -0.15) is 0 Å². The molecule has 48 valence electrons. The molecular formula is C5H12N2S. The maximum Gasteiger partial charge on any atom is 0.0887 e. The zero-order chi connectivity index (χ0) is 6.57. The molecule has 2 nitrogen and oxygen atoms in total. The highest BCUT2D eigenvalue weighted by molar-refractivity contribution is 7.80. The van der Waals surface area contributed by atoms with Crippen LogP contribution in [0.3, 0.4) is 0 Å². The highest BCUT2D eigenvalue weighted by atomic mass is 32.1. The molecule has 0 spiro atoms. The molecule has 0 radical (unpaired) electrons. The molecule has 1 N–H and O–H groups in total.